The lowest BCUT2D eigenvalue weighted by atomic mass is 10.2. The average molecular weight is 264 g/mol. The second-order valence-corrected chi connectivity index (χ2v) is 4.04. The molecule has 0 saturated carbocycles. The minimum atomic E-state index is -0.509. The summed E-state index contributed by atoms with van der Waals surface area (Å²) in [5, 5.41) is 12.0. The normalized spacial score (nSPS) is 11.7. The van der Waals surface area contributed by atoms with Crippen LogP contribution in [0.5, 0.6) is 11.5 Å². The number of nitriles is 1. The lowest BCUT2D eigenvalue weighted by molar-refractivity contribution is 0.199. The Balaban J connectivity index is 2.69. The largest absolute Gasteiger partial charge is 0.493 e. The SMILES string of the molecule is COCCNCc1ccc(OC)c(OC(C)C#N)c1. The molecule has 0 aliphatic carbocycles. The molecule has 1 aromatic rings. The molecule has 1 unspecified atom stereocenters. The van der Waals surface area contributed by atoms with E-state index in [1.807, 2.05) is 24.3 Å². The monoisotopic (exact) mass is 264 g/mol. The molecule has 0 radical (unpaired) electrons. The van der Waals surface area contributed by atoms with Gasteiger partial charge >= 0.3 is 0 Å². The third-order valence-electron chi connectivity index (χ3n) is 2.53. The summed E-state index contributed by atoms with van der Waals surface area (Å²) in [5.41, 5.74) is 1.07. The smallest absolute Gasteiger partial charge is 0.181 e. The molecule has 1 N–H and O–H groups in total. The van der Waals surface area contributed by atoms with E-state index < -0.39 is 6.10 Å². The lowest BCUT2D eigenvalue weighted by Crippen LogP contribution is -2.18. The van der Waals surface area contributed by atoms with Crippen molar-refractivity contribution in [2.75, 3.05) is 27.4 Å². The fourth-order valence-corrected chi connectivity index (χ4v) is 1.55. The Morgan fingerprint density at radius 3 is 2.74 bits per heavy atom. The third kappa shape index (κ3) is 5.16. The van der Waals surface area contributed by atoms with E-state index in [0.717, 1.165) is 12.1 Å². The van der Waals surface area contributed by atoms with Gasteiger partial charge in [-0.25, -0.2) is 0 Å². The summed E-state index contributed by atoms with van der Waals surface area (Å²) in [6, 6.07) is 7.72. The van der Waals surface area contributed by atoms with Crippen LogP contribution in [0.15, 0.2) is 18.2 Å². The maximum atomic E-state index is 8.79. The Hall–Kier alpha value is -1.77. The van der Waals surface area contributed by atoms with Gasteiger partial charge in [-0.05, 0) is 24.6 Å². The van der Waals surface area contributed by atoms with E-state index in [9.17, 15) is 0 Å². The number of benzene rings is 1. The summed E-state index contributed by atoms with van der Waals surface area (Å²) in [5.74, 6) is 1.21. The van der Waals surface area contributed by atoms with Crippen molar-refractivity contribution in [3.8, 4) is 17.6 Å². The molecule has 0 amide bonds. The first kappa shape index (κ1) is 15.3. The van der Waals surface area contributed by atoms with Gasteiger partial charge in [-0.3, -0.25) is 0 Å². The van der Waals surface area contributed by atoms with Crippen LogP contribution in [0.4, 0.5) is 0 Å². The van der Waals surface area contributed by atoms with Crippen LogP contribution in [0.2, 0.25) is 0 Å². The van der Waals surface area contributed by atoms with Crippen LogP contribution in [0.3, 0.4) is 0 Å². The summed E-state index contributed by atoms with van der Waals surface area (Å²) >= 11 is 0. The Kier molecular flexibility index (Phi) is 6.72. The minimum Gasteiger partial charge on any atom is -0.493 e. The van der Waals surface area contributed by atoms with Gasteiger partial charge in [0.05, 0.1) is 13.7 Å². The summed E-state index contributed by atoms with van der Waals surface area (Å²) in [7, 11) is 3.25. The van der Waals surface area contributed by atoms with Crippen LogP contribution >= 0.6 is 0 Å². The lowest BCUT2D eigenvalue weighted by Gasteiger charge is -2.13. The highest BCUT2D eigenvalue weighted by atomic mass is 16.5. The minimum absolute atomic E-state index is 0.509. The van der Waals surface area contributed by atoms with Crippen molar-refractivity contribution in [3.63, 3.8) is 0 Å². The van der Waals surface area contributed by atoms with Gasteiger partial charge in [0.2, 0.25) is 0 Å². The Morgan fingerprint density at radius 1 is 1.32 bits per heavy atom. The van der Waals surface area contributed by atoms with Crippen molar-refractivity contribution in [2.24, 2.45) is 0 Å². The van der Waals surface area contributed by atoms with Crippen LogP contribution in [-0.2, 0) is 11.3 Å². The van der Waals surface area contributed by atoms with Crippen molar-refractivity contribution in [1.29, 1.82) is 5.26 Å². The van der Waals surface area contributed by atoms with Gasteiger partial charge in [-0.1, -0.05) is 6.07 Å². The van der Waals surface area contributed by atoms with E-state index >= 15 is 0 Å². The number of ether oxygens (including phenoxy) is 3. The number of methoxy groups -OCH3 is 2. The predicted octanol–water partition coefficient (Wildman–Crippen LogP) is 1.72. The highest BCUT2D eigenvalue weighted by Gasteiger charge is 2.09. The Bertz CT molecular complexity index is 429. The van der Waals surface area contributed by atoms with Crippen LogP contribution in [0, 0.1) is 11.3 Å². The standard InChI is InChI=1S/C14H20N2O3/c1-11(9-15)19-14-8-12(4-5-13(14)18-3)10-16-6-7-17-2/h4-5,8,11,16H,6-7,10H2,1-3H3. The zero-order valence-electron chi connectivity index (χ0n) is 11.6. The van der Waals surface area contributed by atoms with Crippen molar-refractivity contribution >= 4 is 0 Å². The first-order valence-corrected chi connectivity index (χ1v) is 6.14. The number of rotatable bonds is 8. The van der Waals surface area contributed by atoms with Gasteiger partial charge < -0.3 is 19.5 Å². The topological polar surface area (TPSA) is 63.5 Å². The first-order valence-electron chi connectivity index (χ1n) is 6.14. The molecule has 0 aliphatic rings. The summed E-state index contributed by atoms with van der Waals surface area (Å²) in [6.07, 6.45) is -0.509. The second-order valence-electron chi connectivity index (χ2n) is 4.04. The molecule has 5 heteroatoms. The van der Waals surface area contributed by atoms with E-state index in [1.54, 1.807) is 21.1 Å². The number of hydrogen-bond donors (Lipinski definition) is 1. The van der Waals surface area contributed by atoms with Crippen molar-refractivity contribution in [2.45, 2.75) is 19.6 Å². The molecule has 1 rings (SSSR count). The van der Waals surface area contributed by atoms with Crippen molar-refractivity contribution in [3.05, 3.63) is 23.8 Å². The van der Waals surface area contributed by atoms with Gasteiger partial charge in [0.15, 0.2) is 17.6 Å². The van der Waals surface area contributed by atoms with E-state index in [1.165, 1.54) is 0 Å². The number of nitrogens with one attached hydrogen (secondary N) is 1. The average Bonchev–Trinajstić information content (AvgIpc) is 2.43. The van der Waals surface area contributed by atoms with Gasteiger partial charge in [-0.15, -0.1) is 0 Å². The Labute approximate surface area is 114 Å². The zero-order valence-corrected chi connectivity index (χ0v) is 11.6. The fourth-order valence-electron chi connectivity index (χ4n) is 1.55. The molecular weight excluding hydrogens is 244 g/mol. The van der Waals surface area contributed by atoms with Gasteiger partial charge in [0, 0.05) is 20.2 Å². The predicted molar refractivity (Wildman–Crippen MR) is 72.3 cm³/mol. The molecule has 0 fully saturated rings. The highest BCUT2D eigenvalue weighted by molar-refractivity contribution is 5.43. The third-order valence-corrected chi connectivity index (χ3v) is 2.53. The second kappa shape index (κ2) is 8.35. The van der Waals surface area contributed by atoms with Crippen LogP contribution in [0.25, 0.3) is 0 Å². The van der Waals surface area contributed by atoms with Crippen molar-refractivity contribution in [1.82, 2.24) is 5.32 Å². The van der Waals surface area contributed by atoms with E-state index in [0.29, 0.717) is 24.7 Å². The molecule has 0 spiro atoms. The maximum absolute atomic E-state index is 8.79. The van der Waals surface area contributed by atoms with Gasteiger partial charge in [0.1, 0.15) is 6.07 Å². The molecule has 1 aromatic carbocycles. The molecule has 104 valence electrons. The quantitative estimate of drug-likeness (QED) is 0.724. The molecule has 5 nitrogen and oxygen atoms in total. The maximum Gasteiger partial charge on any atom is 0.181 e. The highest BCUT2D eigenvalue weighted by Crippen LogP contribution is 2.28. The molecule has 0 saturated heterocycles. The summed E-state index contributed by atoms with van der Waals surface area (Å²) in [6.45, 7) is 3.87. The molecule has 0 bridgehead atoms. The molecule has 19 heavy (non-hydrogen) atoms. The van der Waals surface area contributed by atoms with Crippen LogP contribution in [0.1, 0.15) is 12.5 Å². The van der Waals surface area contributed by atoms with Crippen LogP contribution < -0.4 is 14.8 Å². The van der Waals surface area contributed by atoms with E-state index in [2.05, 4.69) is 5.32 Å². The van der Waals surface area contributed by atoms with Gasteiger partial charge in [-0.2, -0.15) is 5.26 Å². The summed E-state index contributed by atoms with van der Waals surface area (Å²) < 4.78 is 15.7. The molecular formula is C14H20N2O3. The Morgan fingerprint density at radius 2 is 2.11 bits per heavy atom. The number of hydrogen-bond acceptors (Lipinski definition) is 5. The number of nitrogens with zero attached hydrogens (tertiary/aromatic N) is 1. The molecule has 0 aliphatic heterocycles. The zero-order chi connectivity index (χ0) is 14.1. The van der Waals surface area contributed by atoms with Crippen LogP contribution in [-0.4, -0.2) is 33.5 Å². The molecule has 0 heterocycles. The molecule has 0 aromatic heterocycles. The fraction of sp³-hybridized carbons (Fsp3) is 0.500. The first-order chi connectivity index (χ1) is 9.21. The van der Waals surface area contributed by atoms with E-state index in [-0.39, 0.29) is 0 Å². The van der Waals surface area contributed by atoms with E-state index in [4.69, 9.17) is 19.5 Å². The molecule has 1 atom stereocenters. The van der Waals surface area contributed by atoms with Crippen molar-refractivity contribution < 1.29 is 14.2 Å². The summed E-state index contributed by atoms with van der Waals surface area (Å²) in [4.78, 5) is 0. The van der Waals surface area contributed by atoms with Gasteiger partial charge in [0.25, 0.3) is 0 Å².